The van der Waals surface area contributed by atoms with Crippen molar-refractivity contribution in [3.05, 3.63) is 41.1 Å². The minimum absolute atomic E-state index is 0.0459. The first-order valence-electron chi connectivity index (χ1n) is 10.1. The van der Waals surface area contributed by atoms with Gasteiger partial charge in [0.25, 0.3) is 5.91 Å². The Hall–Kier alpha value is -3.03. The molecule has 1 N–H and O–H groups in total. The minimum atomic E-state index is -4.67. The summed E-state index contributed by atoms with van der Waals surface area (Å²) in [6.07, 6.45) is -11.8. The maximum absolute atomic E-state index is 15.0. The fourth-order valence-corrected chi connectivity index (χ4v) is 3.57. The van der Waals surface area contributed by atoms with Crippen molar-refractivity contribution in [3.8, 4) is 11.6 Å². The highest BCUT2D eigenvalue weighted by Crippen LogP contribution is 2.39. The molecule has 2 aliphatic rings. The number of nitrogens with zero attached hydrogens (tertiary/aromatic N) is 2. The summed E-state index contributed by atoms with van der Waals surface area (Å²) in [5.74, 6) is -0.753. The molecule has 0 saturated carbocycles. The molecule has 2 aromatic rings. The zero-order valence-electron chi connectivity index (χ0n) is 17.3. The molecule has 1 amide bonds. The molecule has 186 valence electrons. The van der Waals surface area contributed by atoms with Crippen molar-refractivity contribution in [3.63, 3.8) is 0 Å². The van der Waals surface area contributed by atoms with Crippen LogP contribution >= 0.6 is 0 Å². The number of halogens is 7. The summed E-state index contributed by atoms with van der Waals surface area (Å²) >= 11 is 0. The highest BCUT2D eigenvalue weighted by molar-refractivity contribution is 5.92. The van der Waals surface area contributed by atoms with Gasteiger partial charge in [-0.3, -0.25) is 4.79 Å². The molecule has 0 radical (unpaired) electrons. The lowest BCUT2D eigenvalue weighted by Crippen LogP contribution is -2.44. The van der Waals surface area contributed by atoms with Crippen molar-refractivity contribution >= 4 is 5.91 Å². The average molecular weight is 497 g/mol. The van der Waals surface area contributed by atoms with Gasteiger partial charge in [-0.25, -0.2) is 9.07 Å². The topological polar surface area (TPSA) is 74.6 Å². The summed E-state index contributed by atoms with van der Waals surface area (Å²) in [6.45, 7) is -1.81. The first-order chi connectivity index (χ1) is 15.9. The number of rotatable bonds is 4. The number of aromatic nitrogens is 2. The van der Waals surface area contributed by atoms with Gasteiger partial charge >= 0.3 is 12.4 Å². The number of fused-ring (bicyclic) bond motifs is 2. The van der Waals surface area contributed by atoms with Crippen molar-refractivity contribution < 1.29 is 49.7 Å². The Morgan fingerprint density at radius 2 is 1.91 bits per heavy atom. The van der Waals surface area contributed by atoms with E-state index in [-0.39, 0.29) is 49.1 Å². The molecule has 7 nitrogen and oxygen atoms in total. The Labute approximate surface area is 187 Å². The van der Waals surface area contributed by atoms with Crippen molar-refractivity contribution in [2.75, 3.05) is 19.8 Å². The van der Waals surface area contributed by atoms with Crippen LogP contribution < -0.4 is 14.8 Å². The SMILES string of the molecule is O=C(N[C@H]1COc2ccc(C(F)(F)F)cc2C1F)c1cc2n(n1)CCC(OCC(F)(F)F)CO2. The smallest absolute Gasteiger partial charge is 0.416 e. The number of hydrogen-bond acceptors (Lipinski definition) is 5. The highest BCUT2D eigenvalue weighted by Gasteiger charge is 2.37. The van der Waals surface area contributed by atoms with Crippen molar-refractivity contribution in [2.45, 2.75) is 43.6 Å². The third kappa shape index (κ3) is 5.37. The van der Waals surface area contributed by atoms with Crippen molar-refractivity contribution in [1.29, 1.82) is 0 Å². The maximum atomic E-state index is 15.0. The maximum Gasteiger partial charge on any atom is 0.416 e. The summed E-state index contributed by atoms with van der Waals surface area (Å²) in [7, 11) is 0. The molecule has 34 heavy (non-hydrogen) atoms. The van der Waals surface area contributed by atoms with Crippen LogP contribution in [0.15, 0.2) is 24.3 Å². The molecular formula is C20H18F7N3O4. The Morgan fingerprint density at radius 3 is 2.62 bits per heavy atom. The monoisotopic (exact) mass is 497 g/mol. The molecule has 14 heteroatoms. The predicted octanol–water partition coefficient (Wildman–Crippen LogP) is 3.83. The van der Waals surface area contributed by atoms with Gasteiger partial charge in [-0.2, -0.15) is 31.4 Å². The number of benzene rings is 1. The van der Waals surface area contributed by atoms with E-state index in [0.717, 1.165) is 12.1 Å². The molecule has 0 spiro atoms. The van der Waals surface area contributed by atoms with E-state index < -0.39 is 48.7 Å². The molecular weight excluding hydrogens is 479 g/mol. The van der Waals surface area contributed by atoms with Crippen LogP contribution in [0.3, 0.4) is 0 Å². The molecule has 2 unspecified atom stereocenters. The number of alkyl halides is 7. The summed E-state index contributed by atoms with van der Waals surface area (Å²) in [5, 5.41) is 6.38. The van der Waals surface area contributed by atoms with Crippen LogP contribution in [0, 0.1) is 0 Å². The number of nitrogens with one attached hydrogen (secondary N) is 1. The van der Waals surface area contributed by atoms with Gasteiger partial charge in [-0.05, 0) is 24.6 Å². The van der Waals surface area contributed by atoms with Gasteiger partial charge in [0, 0.05) is 18.2 Å². The van der Waals surface area contributed by atoms with E-state index in [1.165, 1.54) is 10.7 Å². The Kier molecular flexibility index (Phi) is 6.36. The van der Waals surface area contributed by atoms with E-state index in [0.29, 0.717) is 6.07 Å². The van der Waals surface area contributed by atoms with Gasteiger partial charge in [-0.15, -0.1) is 0 Å². The molecule has 1 aromatic carbocycles. The second-order valence-corrected chi connectivity index (χ2v) is 7.78. The van der Waals surface area contributed by atoms with Gasteiger partial charge in [0.15, 0.2) is 11.9 Å². The van der Waals surface area contributed by atoms with E-state index in [2.05, 4.69) is 10.4 Å². The van der Waals surface area contributed by atoms with Crippen LogP contribution in [0.1, 0.15) is 34.2 Å². The van der Waals surface area contributed by atoms with Crippen LogP contribution in [-0.2, 0) is 17.5 Å². The summed E-state index contributed by atoms with van der Waals surface area (Å²) < 4.78 is 108. The molecule has 4 rings (SSSR count). The lowest BCUT2D eigenvalue weighted by atomic mass is 9.98. The standard InChI is InChI=1S/C20H18F7N3O4/c21-17-12-5-10(20(25,26)27)1-2-15(12)32-8-14(17)28-18(31)13-6-16-30(29-13)4-3-11(7-33-16)34-9-19(22,23)24/h1-2,5-6,11,14,17H,3-4,7-9H2,(H,28,31)/t11?,14-,17?/m0/s1. The Morgan fingerprint density at radius 1 is 1.15 bits per heavy atom. The van der Waals surface area contributed by atoms with E-state index in [1.54, 1.807) is 0 Å². The van der Waals surface area contributed by atoms with Gasteiger partial charge in [0.1, 0.15) is 25.6 Å². The number of ether oxygens (including phenoxy) is 3. The second kappa shape index (κ2) is 8.96. The van der Waals surface area contributed by atoms with Crippen LogP contribution in [0.25, 0.3) is 0 Å². The number of amides is 1. The highest BCUT2D eigenvalue weighted by atomic mass is 19.4. The molecule has 0 bridgehead atoms. The lowest BCUT2D eigenvalue weighted by molar-refractivity contribution is -0.188. The third-order valence-electron chi connectivity index (χ3n) is 5.26. The van der Waals surface area contributed by atoms with E-state index >= 15 is 0 Å². The molecule has 3 heterocycles. The van der Waals surface area contributed by atoms with Crippen molar-refractivity contribution in [1.82, 2.24) is 15.1 Å². The van der Waals surface area contributed by atoms with Gasteiger partial charge in [-0.1, -0.05) is 0 Å². The molecule has 1 aromatic heterocycles. The number of aryl methyl sites for hydroxylation is 1. The quantitative estimate of drug-likeness (QED) is 0.651. The average Bonchev–Trinajstić information content (AvgIpc) is 3.07. The second-order valence-electron chi connectivity index (χ2n) is 7.78. The molecule has 0 saturated heterocycles. The Balaban J connectivity index is 1.39. The van der Waals surface area contributed by atoms with Crippen LogP contribution in [0.4, 0.5) is 30.7 Å². The zero-order chi connectivity index (χ0) is 24.7. The molecule has 0 aliphatic carbocycles. The Bertz CT molecular complexity index is 1030. The van der Waals surface area contributed by atoms with E-state index in [9.17, 15) is 35.5 Å². The largest absolute Gasteiger partial charge is 0.491 e. The van der Waals surface area contributed by atoms with E-state index in [4.69, 9.17) is 14.2 Å². The van der Waals surface area contributed by atoms with Gasteiger partial charge in [0.2, 0.25) is 5.88 Å². The van der Waals surface area contributed by atoms with Crippen molar-refractivity contribution in [2.24, 2.45) is 0 Å². The zero-order valence-corrected chi connectivity index (χ0v) is 17.3. The van der Waals surface area contributed by atoms with Crippen LogP contribution in [-0.4, -0.2) is 53.8 Å². The fourth-order valence-electron chi connectivity index (χ4n) is 3.57. The van der Waals surface area contributed by atoms with Crippen LogP contribution in [0.5, 0.6) is 11.6 Å². The molecule has 2 aliphatic heterocycles. The number of hydrogen-bond donors (Lipinski definition) is 1. The summed E-state index contributed by atoms with van der Waals surface area (Å²) in [4.78, 5) is 12.6. The van der Waals surface area contributed by atoms with Crippen LogP contribution in [0.2, 0.25) is 0 Å². The number of carbonyl (C=O) groups excluding carboxylic acids is 1. The first-order valence-corrected chi connectivity index (χ1v) is 10.1. The minimum Gasteiger partial charge on any atom is -0.491 e. The van der Waals surface area contributed by atoms with E-state index in [1.807, 2.05) is 0 Å². The lowest BCUT2D eigenvalue weighted by Gasteiger charge is -2.29. The first kappa shape index (κ1) is 24.1. The molecule has 0 fully saturated rings. The predicted molar refractivity (Wildman–Crippen MR) is 100 cm³/mol. The third-order valence-corrected chi connectivity index (χ3v) is 5.26. The van der Waals surface area contributed by atoms with Gasteiger partial charge in [0.05, 0.1) is 17.7 Å². The van der Waals surface area contributed by atoms with Gasteiger partial charge < -0.3 is 19.5 Å². The molecule has 3 atom stereocenters. The number of carbonyl (C=O) groups is 1. The normalized spacial score (nSPS) is 22.6. The fraction of sp³-hybridized carbons (Fsp3) is 0.500. The summed E-state index contributed by atoms with van der Waals surface area (Å²) in [5.41, 5.74) is -1.54. The summed E-state index contributed by atoms with van der Waals surface area (Å²) in [6, 6.07) is 2.40.